The number of hydrogen-bond acceptors (Lipinski definition) is 3. The molecule has 0 saturated carbocycles. The second-order valence-electron chi connectivity index (χ2n) is 4.47. The molecule has 4 nitrogen and oxygen atoms in total. The Balaban J connectivity index is 0. The maximum Gasteiger partial charge on any atom is 0.0638 e. The van der Waals surface area contributed by atoms with Crippen molar-refractivity contribution in [3.8, 4) is 0 Å². The third-order valence-corrected chi connectivity index (χ3v) is 3.15. The molecule has 0 amide bonds. The summed E-state index contributed by atoms with van der Waals surface area (Å²) in [4.78, 5) is 2.46. The molecule has 0 aliphatic rings. The SMILES string of the molecule is CCN(CC)CCCNCc1cn(C)nc1C.Cl.Cl. The van der Waals surface area contributed by atoms with Crippen LogP contribution in [-0.2, 0) is 13.6 Å². The maximum absolute atomic E-state index is 4.33. The van der Waals surface area contributed by atoms with Gasteiger partial charge in [0.2, 0.25) is 0 Å². The normalized spacial score (nSPS) is 10.2. The van der Waals surface area contributed by atoms with E-state index in [1.807, 2.05) is 11.7 Å². The Bertz CT molecular complexity index is 324. The first-order valence-corrected chi connectivity index (χ1v) is 6.59. The molecule has 1 N–H and O–H groups in total. The molecule has 0 radical (unpaired) electrons. The van der Waals surface area contributed by atoms with Gasteiger partial charge >= 0.3 is 0 Å². The van der Waals surface area contributed by atoms with Crippen LogP contribution in [0.5, 0.6) is 0 Å². The van der Waals surface area contributed by atoms with E-state index in [0.29, 0.717) is 0 Å². The van der Waals surface area contributed by atoms with Crippen LogP contribution in [0, 0.1) is 6.92 Å². The van der Waals surface area contributed by atoms with Gasteiger partial charge in [0, 0.05) is 25.4 Å². The fourth-order valence-electron chi connectivity index (χ4n) is 2.01. The molecule has 1 aromatic heterocycles. The number of aromatic nitrogens is 2. The highest BCUT2D eigenvalue weighted by molar-refractivity contribution is 5.85. The Morgan fingerprint density at radius 3 is 2.37 bits per heavy atom. The van der Waals surface area contributed by atoms with Crippen LogP contribution in [0.15, 0.2) is 6.20 Å². The molecule has 0 bridgehead atoms. The molecular formula is C13H28Cl2N4. The molecule has 0 spiro atoms. The van der Waals surface area contributed by atoms with Crippen LogP contribution in [0.3, 0.4) is 0 Å². The molecule has 0 saturated heterocycles. The molecule has 6 heteroatoms. The van der Waals surface area contributed by atoms with E-state index in [-0.39, 0.29) is 24.8 Å². The molecule has 0 atom stereocenters. The zero-order chi connectivity index (χ0) is 12.7. The molecule has 1 heterocycles. The lowest BCUT2D eigenvalue weighted by molar-refractivity contribution is 0.298. The van der Waals surface area contributed by atoms with Crippen molar-refractivity contribution < 1.29 is 0 Å². The van der Waals surface area contributed by atoms with Crippen molar-refractivity contribution in [3.05, 3.63) is 17.5 Å². The Morgan fingerprint density at radius 1 is 1.26 bits per heavy atom. The zero-order valence-corrected chi connectivity index (χ0v) is 14.1. The fourth-order valence-corrected chi connectivity index (χ4v) is 2.01. The standard InChI is InChI=1S/C13H26N4.2ClH/c1-5-17(6-2)9-7-8-14-10-13-11-16(4)15-12(13)3;;/h11,14H,5-10H2,1-4H3;2*1H. The molecule has 0 aliphatic carbocycles. The van der Waals surface area contributed by atoms with Gasteiger partial charge in [0.1, 0.15) is 0 Å². The first kappa shape index (κ1) is 21.0. The van der Waals surface area contributed by atoms with Gasteiger partial charge in [-0.25, -0.2) is 0 Å². The van der Waals surface area contributed by atoms with Gasteiger partial charge in [-0.1, -0.05) is 13.8 Å². The predicted molar refractivity (Wildman–Crippen MR) is 86.6 cm³/mol. The average Bonchev–Trinajstić information content (AvgIpc) is 2.62. The van der Waals surface area contributed by atoms with E-state index in [1.165, 1.54) is 18.5 Å². The van der Waals surface area contributed by atoms with Gasteiger partial charge in [0.25, 0.3) is 0 Å². The third kappa shape index (κ3) is 7.78. The molecule has 1 rings (SSSR count). The van der Waals surface area contributed by atoms with Crippen LogP contribution >= 0.6 is 24.8 Å². The van der Waals surface area contributed by atoms with Gasteiger partial charge in [-0.2, -0.15) is 5.10 Å². The van der Waals surface area contributed by atoms with Gasteiger partial charge in [-0.15, -0.1) is 24.8 Å². The molecule has 114 valence electrons. The van der Waals surface area contributed by atoms with E-state index in [1.54, 1.807) is 0 Å². The van der Waals surface area contributed by atoms with Crippen molar-refractivity contribution in [2.75, 3.05) is 26.2 Å². The van der Waals surface area contributed by atoms with E-state index in [0.717, 1.165) is 31.9 Å². The monoisotopic (exact) mass is 310 g/mol. The highest BCUT2D eigenvalue weighted by Crippen LogP contribution is 2.03. The lowest BCUT2D eigenvalue weighted by atomic mass is 10.2. The number of nitrogens with zero attached hydrogens (tertiary/aromatic N) is 3. The van der Waals surface area contributed by atoms with E-state index in [4.69, 9.17) is 0 Å². The second-order valence-corrected chi connectivity index (χ2v) is 4.47. The maximum atomic E-state index is 4.33. The fraction of sp³-hybridized carbons (Fsp3) is 0.769. The number of aryl methyl sites for hydroxylation is 2. The molecule has 1 aromatic rings. The first-order chi connectivity index (χ1) is 8.17. The van der Waals surface area contributed by atoms with Crippen molar-refractivity contribution in [3.63, 3.8) is 0 Å². The molecular weight excluding hydrogens is 283 g/mol. The van der Waals surface area contributed by atoms with Crippen molar-refractivity contribution in [2.45, 2.75) is 33.7 Å². The second kappa shape index (κ2) is 11.5. The van der Waals surface area contributed by atoms with Crippen LogP contribution in [-0.4, -0.2) is 40.9 Å². The van der Waals surface area contributed by atoms with Crippen molar-refractivity contribution in [1.82, 2.24) is 20.0 Å². The summed E-state index contributed by atoms with van der Waals surface area (Å²) >= 11 is 0. The Hall–Kier alpha value is -0.290. The van der Waals surface area contributed by atoms with Crippen LogP contribution in [0.25, 0.3) is 0 Å². The zero-order valence-electron chi connectivity index (χ0n) is 12.5. The van der Waals surface area contributed by atoms with Gasteiger partial charge in [0.15, 0.2) is 0 Å². The van der Waals surface area contributed by atoms with Gasteiger partial charge in [-0.05, 0) is 39.5 Å². The van der Waals surface area contributed by atoms with Crippen LogP contribution in [0.4, 0.5) is 0 Å². The summed E-state index contributed by atoms with van der Waals surface area (Å²) in [5.41, 5.74) is 2.43. The van der Waals surface area contributed by atoms with Crippen LogP contribution < -0.4 is 5.32 Å². The summed E-state index contributed by atoms with van der Waals surface area (Å²) in [6.07, 6.45) is 3.30. The highest BCUT2D eigenvalue weighted by Gasteiger charge is 2.02. The summed E-state index contributed by atoms with van der Waals surface area (Å²) < 4.78 is 1.88. The summed E-state index contributed by atoms with van der Waals surface area (Å²) in [6, 6.07) is 0. The minimum absolute atomic E-state index is 0. The molecule has 0 unspecified atom stereocenters. The average molecular weight is 311 g/mol. The van der Waals surface area contributed by atoms with E-state index >= 15 is 0 Å². The minimum atomic E-state index is 0. The lowest BCUT2D eigenvalue weighted by Gasteiger charge is -2.17. The quantitative estimate of drug-likeness (QED) is 0.748. The van der Waals surface area contributed by atoms with Gasteiger partial charge in [0.05, 0.1) is 5.69 Å². The van der Waals surface area contributed by atoms with Crippen molar-refractivity contribution in [2.24, 2.45) is 7.05 Å². The smallest absolute Gasteiger partial charge is 0.0638 e. The van der Waals surface area contributed by atoms with E-state index in [2.05, 4.69) is 42.3 Å². The first-order valence-electron chi connectivity index (χ1n) is 6.59. The largest absolute Gasteiger partial charge is 0.312 e. The summed E-state index contributed by atoms with van der Waals surface area (Å²) in [5, 5.41) is 7.81. The Labute approximate surface area is 129 Å². The summed E-state index contributed by atoms with van der Waals surface area (Å²) in [6.45, 7) is 12.0. The number of rotatable bonds is 8. The summed E-state index contributed by atoms with van der Waals surface area (Å²) in [5.74, 6) is 0. The van der Waals surface area contributed by atoms with Crippen LogP contribution in [0.2, 0.25) is 0 Å². The van der Waals surface area contributed by atoms with E-state index in [9.17, 15) is 0 Å². The topological polar surface area (TPSA) is 33.1 Å². The number of halogens is 2. The summed E-state index contributed by atoms with van der Waals surface area (Å²) in [7, 11) is 1.97. The molecule has 0 aromatic carbocycles. The lowest BCUT2D eigenvalue weighted by Crippen LogP contribution is -2.27. The number of hydrogen-bond donors (Lipinski definition) is 1. The molecule has 0 fully saturated rings. The highest BCUT2D eigenvalue weighted by atomic mass is 35.5. The van der Waals surface area contributed by atoms with Crippen molar-refractivity contribution >= 4 is 24.8 Å². The van der Waals surface area contributed by atoms with E-state index < -0.39 is 0 Å². The Kier molecular flexibility index (Phi) is 12.8. The van der Waals surface area contributed by atoms with Gasteiger partial charge in [-0.3, -0.25) is 4.68 Å². The van der Waals surface area contributed by atoms with Crippen LogP contribution in [0.1, 0.15) is 31.5 Å². The molecule has 19 heavy (non-hydrogen) atoms. The third-order valence-electron chi connectivity index (χ3n) is 3.15. The Morgan fingerprint density at radius 2 is 1.89 bits per heavy atom. The van der Waals surface area contributed by atoms with Gasteiger partial charge < -0.3 is 10.2 Å². The van der Waals surface area contributed by atoms with Crippen molar-refractivity contribution in [1.29, 1.82) is 0 Å². The predicted octanol–water partition coefficient (Wildman–Crippen LogP) is 2.39. The minimum Gasteiger partial charge on any atom is -0.312 e. The number of nitrogens with one attached hydrogen (secondary N) is 1. The molecule has 0 aliphatic heterocycles.